The summed E-state index contributed by atoms with van der Waals surface area (Å²) in [6, 6.07) is 11.2. The average molecular weight is 340 g/mol. The molecule has 0 spiro atoms. The zero-order valence-corrected chi connectivity index (χ0v) is 12.2. The van der Waals surface area contributed by atoms with E-state index in [1.54, 1.807) is 5.32 Å². The van der Waals surface area contributed by atoms with E-state index in [0.29, 0.717) is 11.3 Å². The van der Waals surface area contributed by atoms with Gasteiger partial charge in [0.05, 0.1) is 5.56 Å². The minimum Gasteiger partial charge on any atom is -0.344 e. The summed E-state index contributed by atoms with van der Waals surface area (Å²) in [5.74, 6) is -3.34. The molecule has 126 valence electrons. The van der Waals surface area contributed by atoms with E-state index in [1.165, 1.54) is 42.5 Å². The topological polar surface area (TPSA) is 58.2 Å². The predicted molar refractivity (Wildman–Crippen MR) is 78.7 cm³/mol. The first-order valence-corrected chi connectivity index (χ1v) is 6.77. The Morgan fingerprint density at radius 1 is 0.958 bits per heavy atom. The fraction of sp³-hybridized carbons (Fsp3) is 0.125. The Morgan fingerprint density at radius 2 is 1.58 bits per heavy atom. The molecule has 2 N–H and O–H groups in total. The summed E-state index contributed by atoms with van der Waals surface area (Å²) in [5, 5.41) is 4.20. The average Bonchev–Trinajstić information content (AvgIpc) is 2.53. The lowest BCUT2D eigenvalue weighted by Gasteiger charge is -2.09. The van der Waals surface area contributed by atoms with E-state index in [2.05, 4.69) is 5.32 Å². The fourth-order valence-corrected chi connectivity index (χ4v) is 1.83. The SMILES string of the molecule is O=C(Nc1ccc(CNC(=O)C(F)(F)F)cc1)c1ccccc1F. The zero-order valence-electron chi connectivity index (χ0n) is 12.2. The molecule has 0 atom stereocenters. The van der Waals surface area contributed by atoms with Crippen LogP contribution in [0.5, 0.6) is 0 Å². The maximum Gasteiger partial charge on any atom is 0.471 e. The van der Waals surface area contributed by atoms with Crippen LogP contribution in [-0.4, -0.2) is 18.0 Å². The van der Waals surface area contributed by atoms with Gasteiger partial charge >= 0.3 is 12.1 Å². The summed E-state index contributed by atoms with van der Waals surface area (Å²) < 4.78 is 49.7. The van der Waals surface area contributed by atoms with Gasteiger partial charge in [0.2, 0.25) is 0 Å². The van der Waals surface area contributed by atoms with Crippen molar-refractivity contribution in [3.05, 3.63) is 65.5 Å². The Bertz CT molecular complexity index is 742. The summed E-state index contributed by atoms with van der Waals surface area (Å²) in [6.45, 7) is -0.306. The molecule has 0 aliphatic carbocycles. The van der Waals surface area contributed by atoms with Crippen LogP contribution in [0, 0.1) is 5.82 Å². The van der Waals surface area contributed by atoms with Gasteiger partial charge in [-0.1, -0.05) is 24.3 Å². The van der Waals surface area contributed by atoms with Crippen LogP contribution < -0.4 is 10.6 Å². The lowest BCUT2D eigenvalue weighted by Crippen LogP contribution is -2.36. The number of alkyl halides is 3. The molecule has 2 rings (SSSR count). The maximum absolute atomic E-state index is 13.5. The van der Waals surface area contributed by atoms with Gasteiger partial charge in [-0.05, 0) is 29.8 Å². The molecular weight excluding hydrogens is 328 g/mol. The monoisotopic (exact) mass is 340 g/mol. The standard InChI is InChI=1S/C16H12F4N2O2/c17-13-4-2-1-3-12(13)14(23)22-11-7-5-10(6-8-11)9-21-15(24)16(18,19)20/h1-8H,9H2,(H,21,24)(H,22,23). The Labute approximate surface area is 134 Å². The highest BCUT2D eigenvalue weighted by Crippen LogP contribution is 2.16. The molecule has 2 aromatic carbocycles. The third-order valence-electron chi connectivity index (χ3n) is 3.04. The molecule has 2 amide bonds. The van der Waals surface area contributed by atoms with Crippen molar-refractivity contribution in [2.75, 3.05) is 5.32 Å². The van der Waals surface area contributed by atoms with E-state index in [9.17, 15) is 27.2 Å². The Balaban J connectivity index is 1.96. The van der Waals surface area contributed by atoms with Gasteiger partial charge in [-0.3, -0.25) is 9.59 Å². The highest BCUT2D eigenvalue weighted by atomic mass is 19.4. The number of rotatable bonds is 4. The highest BCUT2D eigenvalue weighted by Gasteiger charge is 2.38. The van der Waals surface area contributed by atoms with Gasteiger partial charge < -0.3 is 10.6 Å². The number of halogens is 4. The maximum atomic E-state index is 13.5. The van der Waals surface area contributed by atoms with Crippen molar-refractivity contribution in [2.24, 2.45) is 0 Å². The van der Waals surface area contributed by atoms with E-state index in [1.807, 2.05) is 0 Å². The largest absolute Gasteiger partial charge is 0.471 e. The Kier molecular flexibility index (Phi) is 5.18. The summed E-state index contributed by atoms with van der Waals surface area (Å²) in [5.41, 5.74) is 0.629. The second-order valence-electron chi connectivity index (χ2n) is 4.81. The van der Waals surface area contributed by atoms with E-state index in [0.717, 1.165) is 6.07 Å². The molecule has 4 nitrogen and oxygen atoms in total. The van der Waals surface area contributed by atoms with E-state index < -0.39 is 23.8 Å². The molecule has 0 heterocycles. The summed E-state index contributed by atoms with van der Waals surface area (Å²) >= 11 is 0. The molecule has 0 unspecified atom stereocenters. The smallest absolute Gasteiger partial charge is 0.344 e. The third-order valence-corrected chi connectivity index (χ3v) is 3.04. The molecule has 0 saturated carbocycles. The molecule has 0 aliphatic rings. The first kappa shape index (κ1) is 17.5. The number of benzene rings is 2. The van der Waals surface area contributed by atoms with Crippen LogP contribution in [0.4, 0.5) is 23.2 Å². The molecule has 8 heteroatoms. The molecule has 0 bridgehead atoms. The Hall–Kier alpha value is -2.90. The molecular formula is C16H12F4N2O2. The highest BCUT2D eigenvalue weighted by molar-refractivity contribution is 6.04. The van der Waals surface area contributed by atoms with Crippen LogP contribution >= 0.6 is 0 Å². The molecule has 0 saturated heterocycles. The minimum atomic E-state index is -4.94. The first-order valence-electron chi connectivity index (χ1n) is 6.77. The van der Waals surface area contributed by atoms with Gasteiger partial charge in [0.15, 0.2) is 0 Å². The lowest BCUT2D eigenvalue weighted by molar-refractivity contribution is -0.173. The second-order valence-corrected chi connectivity index (χ2v) is 4.81. The minimum absolute atomic E-state index is 0.126. The van der Waals surface area contributed by atoms with Crippen LogP contribution in [0.1, 0.15) is 15.9 Å². The lowest BCUT2D eigenvalue weighted by atomic mass is 10.1. The quantitative estimate of drug-likeness (QED) is 0.840. The summed E-state index contributed by atoms with van der Waals surface area (Å²) in [6.07, 6.45) is -4.94. The molecule has 0 radical (unpaired) electrons. The number of anilines is 1. The summed E-state index contributed by atoms with van der Waals surface area (Å²) in [7, 11) is 0. The predicted octanol–water partition coefficient (Wildman–Crippen LogP) is 3.26. The normalized spacial score (nSPS) is 11.0. The number of carbonyl (C=O) groups is 2. The molecule has 2 aromatic rings. The molecule has 0 aromatic heterocycles. The van der Waals surface area contributed by atoms with Gasteiger partial charge in [-0.25, -0.2) is 4.39 Å². The molecule has 0 aliphatic heterocycles. The van der Waals surface area contributed by atoms with Crippen LogP contribution in [0.15, 0.2) is 48.5 Å². The Morgan fingerprint density at radius 3 is 2.17 bits per heavy atom. The number of amides is 2. The first-order chi connectivity index (χ1) is 11.3. The third kappa shape index (κ3) is 4.55. The van der Waals surface area contributed by atoms with Crippen molar-refractivity contribution in [3.63, 3.8) is 0 Å². The van der Waals surface area contributed by atoms with Crippen LogP contribution in [0.2, 0.25) is 0 Å². The van der Waals surface area contributed by atoms with Gasteiger partial charge in [-0.15, -0.1) is 0 Å². The molecule has 24 heavy (non-hydrogen) atoms. The van der Waals surface area contributed by atoms with E-state index in [4.69, 9.17) is 0 Å². The van der Waals surface area contributed by atoms with E-state index >= 15 is 0 Å². The van der Waals surface area contributed by atoms with Gasteiger partial charge in [-0.2, -0.15) is 13.2 Å². The zero-order chi connectivity index (χ0) is 17.7. The van der Waals surface area contributed by atoms with Gasteiger partial charge in [0.25, 0.3) is 5.91 Å². The van der Waals surface area contributed by atoms with Crippen molar-refractivity contribution in [1.29, 1.82) is 0 Å². The van der Waals surface area contributed by atoms with Crippen molar-refractivity contribution >= 4 is 17.5 Å². The van der Waals surface area contributed by atoms with Gasteiger partial charge in [0.1, 0.15) is 5.82 Å². The van der Waals surface area contributed by atoms with Crippen LogP contribution in [-0.2, 0) is 11.3 Å². The molecule has 0 fully saturated rings. The van der Waals surface area contributed by atoms with Crippen LogP contribution in [0.3, 0.4) is 0 Å². The van der Waals surface area contributed by atoms with Crippen LogP contribution in [0.25, 0.3) is 0 Å². The van der Waals surface area contributed by atoms with Crippen molar-refractivity contribution < 1.29 is 27.2 Å². The van der Waals surface area contributed by atoms with E-state index in [-0.39, 0.29) is 12.1 Å². The number of carbonyl (C=O) groups excluding carboxylic acids is 2. The second kappa shape index (κ2) is 7.12. The van der Waals surface area contributed by atoms with Crippen molar-refractivity contribution in [1.82, 2.24) is 5.32 Å². The van der Waals surface area contributed by atoms with Crippen molar-refractivity contribution in [2.45, 2.75) is 12.7 Å². The summed E-state index contributed by atoms with van der Waals surface area (Å²) in [4.78, 5) is 22.6. The number of hydrogen-bond donors (Lipinski definition) is 2. The van der Waals surface area contributed by atoms with Gasteiger partial charge in [0, 0.05) is 12.2 Å². The number of nitrogens with one attached hydrogen (secondary N) is 2. The number of hydrogen-bond acceptors (Lipinski definition) is 2. The fourth-order valence-electron chi connectivity index (χ4n) is 1.83. The van der Waals surface area contributed by atoms with Crippen molar-refractivity contribution in [3.8, 4) is 0 Å².